The van der Waals surface area contributed by atoms with Gasteiger partial charge in [-0.2, -0.15) is 0 Å². The first-order valence-electron chi connectivity index (χ1n) is 7.91. The monoisotopic (exact) mass is 322 g/mol. The molecule has 0 bridgehead atoms. The Kier molecular flexibility index (Phi) is 3.99. The number of rotatable bonds is 4. The van der Waals surface area contributed by atoms with Crippen LogP contribution in [0, 0.1) is 0 Å². The maximum atomic E-state index is 12.5. The zero-order chi connectivity index (χ0) is 15.9. The van der Waals surface area contributed by atoms with Gasteiger partial charge in [0.25, 0.3) is 0 Å². The Balaban J connectivity index is 2.05. The summed E-state index contributed by atoms with van der Waals surface area (Å²) in [4.78, 5) is 14.2. The smallest absolute Gasteiger partial charge is 0.240 e. The number of nitrogens with one attached hydrogen (secondary N) is 1. The minimum absolute atomic E-state index is 0.0875. The van der Waals surface area contributed by atoms with E-state index >= 15 is 0 Å². The van der Waals surface area contributed by atoms with Crippen LogP contribution in [0.2, 0.25) is 0 Å². The summed E-state index contributed by atoms with van der Waals surface area (Å²) in [6.07, 6.45) is 3.57. The highest BCUT2D eigenvalue weighted by molar-refractivity contribution is 7.89. The van der Waals surface area contributed by atoms with Gasteiger partial charge in [0.2, 0.25) is 15.9 Å². The number of carbonyl (C=O) groups excluding carboxylic acids is 1. The van der Waals surface area contributed by atoms with E-state index < -0.39 is 10.0 Å². The summed E-state index contributed by atoms with van der Waals surface area (Å²) in [5.41, 5.74) is 2.94. The quantitative estimate of drug-likeness (QED) is 0.922. The van der Waals surface area contributed by atoms with Gasteiger partial charge in [-0.1, -0.05) is 6.92 Å². The van der Waals surface area contributed by atoms with Crippen molar-refractivity contribution in [3.8, 4) is 0 Å². The molecule has 0 fully saturated rings. The molecule has 120 valence electrons. The van der Waals surface area contributed by atoms with Crippen LogP contribution in [0.5, 0.6) is 0 Å². The highest BCUT2D eigenvalue weighted by Crippen LogP contribution is 2.37. The van der Waals surface area contributed by atoms with Gasteiger partial charge in [-0.15, -0.1) is 0 Å². The summed E-state index contributed by atoms with van der Waals surface area (Å²) in [7, 11) is -3.50. The summed E-state index contributed by atoms with van der Waals surface area (Å²) in [6, 6.07) is 3.40. The van der Waals surface area contributed by atoms with Gasteiger partial charge in [-0.25, -0.2) is 13.1 Å². The van der Waals surface area contributed by atoms with Crippen molar-refractivity contribution in [1.82, 2.24) is 4.72 Å². The number of amides is 1. The standard InChI is InChI=1S/C16H22N2O3S/c1-3-11(2)17-22(20,21)14-9-12-5-4-8-18-15(19)7-6-13(10-14)16(12)18/h9-11,17H,3-8H2,1-2H3/t11-/m0/s1. The van der Waals surface area contributed by atoms with Crippen molar-refractivity contribution in [2.75, 3.05) is 11.4 Å². The minimum atomic E-state index is -3.50. The molecule has 5 nitrogen and oxygen atoms in total. The van der Waals surface area contributed by atoms with Crippen LogP contribution in [-0.2, 0) is 27.7 Å². The Hall–Kier alpha value is -1.40. The topological polar surface area (TPSA) is 66.5 Å². The molecule has 0 aliphatic carbocycles. The summed E-state index contributed by atoms with van der Waals surface area (Å²) < 4.78 is 27.8. The SMILES string of the molecule is CC[C@H](C)NS(=O)(=O)c1cc2c3c(c1)CCC(=O)N3CCC2. The van der Waals surface area contributed by atoms with E-state index in [1.807, 2.05) is 18.7 Å². The van der Waals surface area contributed by atoms with Crippen molar-refractivity contribution in [2.24, 2.45) is 0 Å². The van der Waals surface area contributed by atoms with Gasteiger partial charge in [0.1, 0.15) is 0 Å². The number of benzene rings is 1. The third-order valence-corrected chi connectivity index (χ3v) is 6.10. The van der Waals surface area contributed by atoms with E-state index in [4.69, 9.17) is 0 Å². The summed E-state index contributed by atoms with van der Waals surface area (Å²) in [6.45, 7) is 4.56. The molecule has 0 spiro atoms. The maximum absolute atomic E-state index is 12.5. The Morgan fingerprint density at radius 2 is 1.91 bits per heavy atom. The van der Waals surface area contributed by atoms with Crippen molar-refractivity contribution in [3.05, 3.63) is 23.3 Å². The molecule has 1 aromatic rings. The number of sulfonamides is 1. The molecule has 1 N–H and O–H groups in total. The second-order valence-corrected chi connectivity index (χ2v) is 7.88. The molecule has 0 saturated carbocycles. The lowest BCUT2D eigenvalue weighted by molar-refractivity contribution is -0.119. The largest absolute Gasteiger partial charge is 0.312 e. The van der Waals surface area contributed by atoms with E-state index in [2.05, 4.69) is 4.72 Å². The van der Waals surface area contributed by atoms with Gasteiger partial charge in [0, 0.05) is 19.0 Å². The van der Waals surface area contributed by atoms with E-state index in [1.54, 1.807) is 12.1 Å². The summed E-state index contributed by atoms with van der Waals surface area (Å²) >= 11 is 0. The zero-order valence-electron chi connectivity index (χ0n) is 13.1. The Bertz CT molecular complexity index is 695. The molecule has 2 aliphatic rings. The Morgan fingerprint density at radius 1 is 1.23 bits per heavy atom. The number of carbonyl (C=O) groups is 1. The number of hydrogen-bond acceptors (Lipinski definition) is 3. The molecule has 0 radical (unpaired) electrons. The molecule has 0 aromatic heterocycles. The van der Waals surface area contributed by atoms with Crippen LogP contribution in [0.15, 0.2) is 17.0 Å². The molecular formula is C16H22N2O3S. The lowest BCUT2D eigenvalue weighted by Crippen LogP contribution is -2.39. The first-order valence-corrected chi connectivity index (χ1v) is 9.39. The lowest BCUT2D eigenvalue weighted by atomic mass is 9.92. The van der Waals surface area contributed by atoms with Crippen LogP contribution in [0.1, 0.15) is 44.2 Å². The van der Waals surface area contributed by atoms with Gasteiger partial charge in [0.05, 0.1) is 10.6 Å². The van der Waals surface area contributed by atoms with Gasteiger partial charge in [-0.3, -0.25) is 4.79 Å². The molecule has 2 aliphatic heterocycles. The third-order valence-electron chi connectivity index (χ3n) is 4.53. The summed E-state index contributed by atoms with van der Waals surface area (Å²) in [5.74, 6) is 0.154. The second-order valence-electron chi connectivity index (χ2n) is 6.17. The van der Waals surface area contributed by atoms with E-state index in [0.717, 1.165) is 42.6 Å². The van der Waals surface area contributed by atoms with E-state index in [9.17, 15) is 13.2 Å². The highest BCUT2D eigenvalue weighted by atomic mass is 32.2. The van der Waals surface area contributed by atoms with Crippen molar-refractivity contribution in [3.63, 3.8) is 0 Å². The molecule has 2 heterocycles. The molecule has 22 heavy (non-hydrogen) atoms. The van der Waals surface area contributed by atoms with Gasteiger partial charge >= 0.3 is 0 Å². The van der Waals surface area contributed by atoms with E-state index in [-0.39, 0.29) is 11.9 Å². The first kappa shape index (κ1) is 15.5. The number of nitrogens with zero attached hydrogens (tertiary/aromatic N) is 1. The molecule has 6 heteroatoms. The Morgan fingerprint density at radius 3 is 2.59 bits per heavy atom. The van der Waals surface area contributed by atoms with Crippen LogP contribution in [0.25, 0.3) is 0 Å². The van der Waals surface area contributed by atoms with Crippen LogP contribution >= 0.6 is 0 Å². The number of aryl methyl sites for hydroxylation is 2. The van der Waals surface area contributed by atoms with Crippen molar-refractivity contribution < 1.29 is 13.2 Å². The minimum Gasteiger partial charge on any atom is -0.312 e. The summed E-state index contributed by atoms with van der Waals surface area (Å²) in [5, 5.41) is 0. The molecular weight excluding hydrogens is 300 g/mol. The Labute approximate surface area is 131 Å². The van der Waals surface area contributed by atoms with E-state index in [0.29, 0.717) is 17.7 Å². The third kappa shape index (κ3) is 2.65. The second kappa shape index (κ2) is 5.66. The first-order chi connectivity index (χ1) is 10.4. The molecule has 1 atom stereocenters. The fourth-order valence-corrected chi connectivity index (χ4v) is 4.62. The van der Waals surface area contributed by atoms with Gasteiger partial charge in [0.15, 0.2) is 0 Å². The average Bonchev–Trinajstić information content (AvgIpc) is 2.50. The molecule has 1 amide bonds. The fraction of sp³-hybridized carbons (Fsp3) is 0.562. The highest BCUT2D eigenvalue weighted by Gasteiger charge is 2.31. The molecule has 1 aromatic carbocycles. The van der Waals surface area contributed by atoms with Crippen LogP contribution in [0.4, 0.5) is 5.69 Å². The zero-order valence-corrected chi connectivity index (χ0v) is 13.9. The van der Waals surface area contributed by atoms with Gasteiger partial charge in [-0.05, 0) is 55.9 Å². The van der Waals surface area contributed by atoms with Crippen LogP contribution in [-0.4, -0.2) is 26.9 Å². The number of hydrogen-bond donors (Lipinski definition) is 1. The van der Waals surface area contributed by atoms with Crippen LogP contribution < -0.4 is 9.62 Å². The predicted molar refractivity (Wildman–Crippen MR) is 85.5 cm³/mol. The van der Waals surface area contributed by atoms with Crippen molar-refractivity contribution >= 4 is 21.6 Å². The molecule has 3 rings (SSSR count). The normalized spacial score (nSPS) is 19.0. The van der Waals surface area contributed by atoms with E-state index in [1.165, 1.54) is 0 Å². The molecule has 0 saturated heterocycles. The average molecular weight is 322 g/mol. The lowest BCUT2D eigenvalue weighted by Gasteiger charge is -2.35. The predicted octanol–water partition coefficient (Wildman–Crippen LogP) is 1.99. The fourth-order valence-electron chi connectivity index (χ4n) is 3.19. The number of anilines is 1. The van der Waals surface area contributed by atoms with Crippen molar-refractivity contribution in [2.45, 2.75) is 56.9 Å². The van der Waals surface area contributed by atoms with Crippen LogP contribution in [0.3, 0.4) is 0 Å². The van der Waals surface area contributed by atoms with Crippen molar-refractivity contribution in [1.29, 1.82) is 0 Å². The van der Waals surface area contributed by atoms with Gasteiger partial charge < -0.3 is 4.90 Å². The maximum Gasteiger partial charge on any atom is 0.240 e. The molecule has 0 unspecified atom stereocenters.